The molecule has 2 unspecified atom stereocenters. The molecule has 3 N–H and O–H groups in total. The van der Waals surface area contributed by atoms with Gasteiger partial charge in [-0.05, 0) is 55.6 Å². The number of nitrogens with zero attached hydrogens (tertiary/aromatic N) is 1. The van der Waals surface area contributed by atoms with Crippen LogP contribution in [0.25, 0.3) is 11.0 Å². The lowest BCUT2D eigenvalue weighted by atomic mass is 9.91. The first-order chi connectivity index (χ1) is 14.7. The highest BCUT2D eigenvalue weighted by Crippen LogP contribution is 2.33. The molecule has 3 heterocycles. The molecule has 0 spiro atoms. The van der Waals surface area contributed by atoms with Crippen molar-refractivity contribution in [2.24, 2.45) is 0 Å². The van der Waals surface area contributed by atoms with Crippen molar-refractivity contribution >= 4 is 16.9 Å². The first-order valence-corrected chi connectivity index (χ1v) is 10.4. The number of carbonyl (C=O) groups excluding carboxylic acids is 1. The highest BCUT2D eigenvalue weighted by molar-refractivity contribution is 5.86. The predicted octanol–water partition coefficient (Wildman–Crippen LogP) is 3.26. The Morgan fingerprint density at radius 2 is 2.10 bits per heavy atom. The zero-order valence-corrected chi connectivity index (χ0v) is 17.4. The number of ether oxygens (including phenoxy) is 2. The van der Waals surface area contributed by atoms with Crippen LogP contribution in [0.4, 0.5) is 0 Å². The van der Waals surface area contributed by atoms with E-state index in [4.69, 9.17) is 9.47 Å². The lowest BCUT2D eigenvalue weighted by Gasteiger charge is -2.20. The number of aryl methyl sites for hydroxylation is 1. The maximum atomic E-state index is 12.6. The number of nitrogens with one attached hydrogen (secondary N) is 3. The van der Waals surface area contributed by atoms with Crippen LogP contribution in [-0.2, 0) is 9.53 Å². The maximum absolute atomic E-state index is 12.6. The average Bonchev–Trinajstić information content (AvgIpc) is 3.40. The van der Waals surface area contributed by atoms with E-state index in [2.05, 4.69) is 32.7 Å². The molecule has 7 heteroatoms. The topological polar surface area (TPSA) is 88.3 Å². The molecule has 1 aromatic carbocycles. The van der Waals surface area contributed by atoms with Gasteiger partial charge in [-0.1, -0.05) is 12.1 Å². The van der Waals surface area contributed by atoms with Gasteiger partial charge >= 0.3 is 0 Å². The summed E-state index contributed by atoms with van der Waals surface area (Å²) >= 11 is 0. The molecule has 30 heavy (non-hydrogen) atoms. The van der Waals surface area contributed by atoms with E-state index in [0.29, 0.717) is 13.2 Å². The Labute approximate surface area is 176 Å². The molecule has 0 bridgehead atoms. The quantitative estimate of drug-likeness (QED) is 0.498. The third-order valence-electron chi connectivity index (χ3n) is 5.60. The molecular formula is C23H28N4O3. The first-order valence-electron chi connectivity index (χ1n) is 10.4. The number of carbonyl (C=O) groups is 1. The van der Waals surface area contributed by atoms with E-state index in [9.17, 15) is 4.79 Å². The van der Waals surface area contributed by atoms with Gasteiger partial charge in [0.1, 0.15) is 17.1 Å². The number of amides is 1. The van der Waals surface area contributed by atoms with Gasteiger partial charge in [-0.2, -0.15) is 0 Å². The molecule has 0 radical (unpaired) electrons. The van der Waals surface area contributed by atoms with Crippen molar-refractivity contribution in [3.63, 3.8) is 0 Å². The van der Waals surface area contributed by atoms with E-state index in [1.54, 1.807) is 13.3 Å². The fraction of sp³-hybridized carbons (Fsp3) is 0.391. The van der Waals surface area contributed by atoms with Crippen molar-refractivity contribution < 1.29 is 14.3 Å². The number of fused-ring (bicyclic) bond motifs is 1. The van der Waals surface area contributed by atoms with E-state index >= 15 is 0 Å². The normalized spacial score (nSPS) is 18.6. The molecule has 1 fully saturated rings. The second-order valence-corrected chi connectivity index (χ2v) is 7.64. The van der Waals surface area contributed by atoms with Crippen LogP contribution in [0.3, 0.4) is 0 Å². The van der Waals surface area contributed by atoms with Gasteiger partial charge in [0, 0.05) is 38.6 Å². The van der Waals surface area contributed by atoms with E-state index < -0.39 is 0 Å². The smallest absolute Gasteiger partial charge is 0.237 e. The van der Waals surface area contributed by atoms with Crippen LogP contribution in [0.5, 0.6) is 11.5 Å². The summed E-state index contributed by atoms with van der Waals surface area (Å²) in [5.74, 6) is 1.75. The van der Waals surface area contributed by atoms with Crippen molar-refractivity contribution in [3.8, 4) is 11.5 Å². The first kappa shape index (κ1) is 20.4. The molecular weight excluding hydrogens is 380 g/mol. The van der Waals surface area contributed by atoms with Crippen molar-refractivity contribution in [2.75, 3.05) is 26.8 Å². The molecule has 2 aromatic heterocycles. The van der Waals surface area contributed by atoms with Gasteiger partial charge in [0.25, 0.3) is 0 Å². The van der Waals surface area contributed by atoms with Gasteiger partial charge in [0.2, 0.25) is 5.91 Å². The highest BCUT2D eigenvalue weighted by Gasteiger charge is 2.33. The fourth-order valence-corrected chi connectivity index (χ4v) is 4.05. The number of hydrogen-bond acceptors (Lipinski definition) is 5. The second kappa shape index (κ2) is 9.28. The van der Waals surface area contributed by atoms with Crippen LogP contribution in [0.2, 0.25) is 0 Å². The summed E-state index contributed by atoms with van der Waals surface area (Å²) in [4.78, 5) is 20.1. The van der Waals surface area contributed by atoms with Gasteiger partial charge in [-0.3, -0.25) is 4.79 Å². The number of aromatic nitrogens is 2. The molecule has 2 atom stereocenters. The third kappa shape index (κ3) is 4.32. The molecule has 1 amide bonds. The van der Waals surface area contributed by atoms with Gasteiger partial charge in [0.05, 0.1) is 11.4 Å². The number of hydrogen-bond donors (Lipinski definition) is 3. The summed E-state index contributed by atoms with van der Waals surface area (Å²) in [6, 6.07) is 9.72. The molecule has 4 rings (SSSR count). The minimum Gasteiger partial charge on any atom is -0.457 e. The van der Waals surface area contributed by atoms with Crippen LogP contribution >= 0.6 is 0 Å². The number of pyridine rings is 1. The third-order valence-corrected chi connectivity index (χ3v) is 5.60. The van der Waals surface area contributed by atoms with E-state index in [1.807, 2.05) is 31.3 Å². The summed E-state index contributed by atoms with van der Waals surface area (Å²) < 4.78 is 11.2. The summed E-state index contributed by atoms with van der Waals surface area (Å²) in [7, 11) is 1.67. The Balaban J connectivity index is 1.43. The molecule has 1 aliphatic heterocycles. The molecule has 0 aliphatic carbocycles. The Bertz CT molecular complexity index is 999. The molecule has 1 aliphatic rings. The van der Waals surface area contributed by atoms with E-state index in [-0.39, 0.29) is 17.9 Å². The second-order valence-electron chi connectivity index (χ2n) is 7.64. The van der Waals surface area contributed by atoms with Gasteiger partial charge in [0.15, 0.2) is 0 Å². The van der Waals surface area contributed by atoms with Crippen molar-refractivity contribution in [3.05, 3.63) is 53.9 Å². The Hall–Kier alpha value is -2.90. The summed E-state index contributed by atoms with van der Waals surface area (Å²) in [6.45, 7) is 4.14. The molecule has 3 aromatic rings. The zero-order valence-electron chi connectivity index (χ0n) is 17.4. The number of H-pyrrole nitrogens is 1. The SMILES string of the molecule is COCCCNC(=O)C1NCCC1c1ccc(Oc2ccnc3[nH]cc(C)c23)cc1. The number of rotatable bonds is 8. The largest absolute Gasteiger partial charge is 0.457 e. The summed E-state index contributed by atoms with van der Waals surface area (Å²) in [6.07, 6.45) is 5.42. The molecule has 158 valence electrons. The molecule has 0 saturated carbocycles. The predicted molar refractivity (Wildman–Crippen MR) is 116 cm³/mol. The summed E-state index contributed by atoms with van der Waals surface area (Å²) in [5.41, 5.74) is 3.06. The number of aromatic amines is 1. The minimum absolute atomic E-state index is 0.0519. The van der Waals surface area contributed by atoms with Crippen molar-refractivity contribution in [2.45, 2.75) is 31.7 Å². The average molecular weight is 409 g/mol. The summed E-state index contributed by atoms with van der Waals surface area (Å²) in [5, 5.41) is 7.34. The van der Waals surface area contributed by atoms with E-state index in [1.165, 1.54) is 0 Å². The number of methoxy groups -OCH3 is 1. The van der Waals surface area contributed by atoms with Crippen molar-refractivity contribution in [1.29, 1.82) is 0 Å². The molecule has 7 nitrogen and oxygen atoms in total. The van der Waals surface area contributed by atoms with Gasteiger partial charge < -0.3 is 25.1 Å². The number of benzene rings is 1. The minimum atomic E-state index is -0.207. The van der Waals surface area contributed by atoms with Crippen LogP contribution in [0, 0.1) is 6.92 Å². The van der Waals surface area contributed by atoms with Gasteiger partial charge in [-0.25, -0.2) is 4.98 Å². The van der Waals surface area contributed by atoms with Crippen LogP contribution in [0.15, 0.2) is 42.7 Å². The molecule has 1 saturated heterocycles. The monoisotopic (exact) mass is 408 g/mol. The Morgan fingerprint density at radius 3 is 2.90 bits per heavy atom. The Kier molecular flexibility index (Phi) is 6.30. The lowest BCUT2D eigenvalue weighted by molar-refractivity contribution is -0.123. The van der Waals surface area contributed by atoms with E-state index in [0.717, 1.165) is 53.0 Å². The lowest BCUT2D eigenvalue weighted by Crippen LogP contribution is -2.43. The van der Waals surface area contributed by atoms with Crippen LogP contribution in [0.1, 0.15) is 29.9 Å². The fourth-order valence-electron chi connectivity index (χ4n) is 4.05. The van der Waals surface area contributed by atoms with Crippen molar-refractivity contribution in [1.82, 2.24) is 20.6 Å². The Morgan fingerprint density at radius 1 is 1.27 bits per heavy atom. The van der Waals surface area contributed by atoms with Gasteiger partial charge in [-0.15, -0.1) is 0 Å². The maximum Gasteiger partial charge on any atom is 0.237 e. The standard InChI is InChI=1S/C23H28N4O3/c1-15-14-27-22-20(15)19(9-12-25-22)30-17-6-4-16(5-7-17)18-8-11-24-21(18)23(28)26-10-3-13-29-2/h4-7,9,12,14,18,21,24H,3,8,10-11,13H2,1-2H3,(H,25,27)(H,26,28). The van der Waals surface area contributed by atoms with Crippen LogP contribution in [-0.4, -0.2) is 48.7 Å². The highest BCUT2D eigenvalue weighted by atomic mass is 16.5. The zero-order chi connectivity index (χ0) is 20.9. The van der Waals surface area contributed by atoms with Crippen LogP contribution < -0.4 is 15.4 Å².